The SMILES string of the molecule is COc1nc2ccccc2nc1CCC(=O)Nc1ccc2c(c1)N(C)C(=O)C(C)O2. The second kappa shape index (κ2) is 7.98. The molecule has 0 saturated heterocycles. The molecule has 2 aromatic carbocycles. The number of anilines is 2. The molecule has 0 aliphatic carbocycles. The molecule has 0 saturated carbocycles. The molecule has 1 aliphatic rings. The standard InChI is InChI=1S/C22H22N4O4/c1-13-22(28)26(2)18-12-14(8-10-19(18)30-13)23-20(27)11-9-17-21(29-3)25-16-7-5-4-6-15(16)24-17/h4-8,10,12-13H,9,11H2,1-3H3,(H,23,27). The summed E-state index contributed by atoms with van der Waals surface area (Å²) in [5, 5.41) is 2.86. The first kappa shape index (κ1) is 19.6. The summed E-state index contributed by atoms with van der Waals surface area (Å²) in [6, 6.07) is 12.8. The number of likely N-dealkylation sites (N-methyl/N-ethyl adjacent to an activating group) is 1. The maximum Gasteiger partial charge on any atom is 0.267 e. The van der Waals surface area contributed by atoms with Crippen LogP contribution in [0, 0.1) is 0 Å². The topological polar surface area (TPSA) is 93.6 Å². The molecule has 1 unspecified atom stereocenters. The van der Waals surface area contributed by atoms with E-state index in [1.807, 2.05) is 24.3 Å². The molecule has 3 aromatic rings. The normalized spacial score (nSPS) is 15.5. The van der Waals surface area contributed by atoms with Gasteiger partial charge in [0.2, 0.25) is 11.8 Å². The molecule has 1 aromatic heterocycles. The average molecular weight is 406 g/mol. The van der Waals surface area contributed by atoms with Gasteiger partial charge in [-0.25, -0.2) is 9.97 Å². The first-order valence-corrected chi connectivity index (χ1v) is 9.64. The predicted octanol–water partition coefficient (Wildman–Crippen LogP) is 2.95. The molecule has 2 amide bonds. The van der Waals surface area contributed by atoms with Crippen LogP contribution in [-0.4, -0.2) is 42.0 Å². The lowest BCUT2D eigenvalue weighted by Crippen LogP contribution is -2.41. The number of para-hydroxylation sites is 2. The van der Waals surface area contributed by atoms with E-state index < -0.39 is 6.10 Å². The number of ether oxygens (including phenoxy) is 2. The second-order valence-electron chi connectivity index (χ2n) is 7.06. The highest BCUT2D eigenvalue weighted by atomic mass is 16.5. The first-order chi connectivity index (χ1) is 14.5. The van der Waals surface area contributed by atoms with Crippen molar-refractivity contribution in [3.05, 3.63) is 48.2 Å². The Bertz CT molecular complexity index is 1130. The van der Waals surface area contributed by atoms with E-state index in [9.17, 15) is 9.59 Å². The van der Waals surface area contributed by atoms with E-state index in [0.29, 0.717) is 35.1 Å². The Hall–Kier alpha value is -3.68. The van der Waals surface area contributed by atoms with E-state index in [1.54, 1.807) is 32.2 Å². The van der Waals surface area contributed by atoms with Gasteiger partial charge < -0.3 is 19.7 Å². The lowest BCUT2D eigenvalue weighted by molar-refractivity contribution is -0.125. The Morgan fingerprint density at radius 3 is 2.67 bits per heavy atom. The van der Waals surface area contributed by atoms with Gasteiger partial charge in [-0.2, -0.15) is 0 Å². The van der Waals surface area contributed by atoms with Crippen LogP contribution in [0.1, 0.15) is 19.0 Å². The molecule has 154 valence electrons. The molecule has 1 atom stereocenters. The Kier molecular flexibility index (Phi) is 5.22. The lowest BCUT2D eigenvalue weighted by Gasteiger charge is -2.30. The zero-order chi connectivity index (χ0) is 21.3. The third-order valence-electron chi connectivity index (χ3n) is 4.97. The summed E-state index contributed by atoms with van der Waals surface area (Å²) in [5.74, 6) is 0.722. The molecule has 0 fully saturated rings. The summed E-state index contributed by atoms with van der Waals surface area (Å²) in [6.45, 7) is 1.71. The van der Waals surface area contributed by atoms with Gasteiger partial charge in [0.25, 0.3) is 5.91 Å². The van der Waals surface area contributed by atoms with Gasteiger partial charge in [-0.3, -0.25) is 9.59 Å². The summed E-state index contributed by atoms with van der Waals surface area (Å²) >= 11 is 0. The van der Waals surface area contributed by atoms with E-state index in [0.717, 1.165) is 11.0 Å². The van der Waals surface area contributed by atoms with Crippen molar-refractivity contribution >= 4 is 34.2 Å². The minimum Gasteiger partial charge on any atom is -0.480 e. The number of hydrogen-bond donors (Lipinski definition) is 1. The van der Waals surface area contributed by atoms with Crippen molar-refractivity contribution in [1.29, 1.82) is 0 Å². The van der Waals surface area contributed by atoms with Crippen molar-refractivity contribution in [1.82, 2.24) is 9.97 Å². The van der Waals surface area contributed by atoms with Crippen molar-refractivity contribution in [2.45, 2.75) is 25.9 Å². The number of nitrogens with zero attached hydrogens (tertiary/aromatic N) is 3. The Morgan fingerprint density at radius 2 is 1.93 bits per heavy atom. The van der Waals surface area contributed by atoms with Gasteiger partial charge in [0.15, 0.2) is 6.10 Å². The number of fused-ring (bicyclic) bond motifs is 2. The van der Waals surface area contributed by atoms with Crippen molar-refractivity contribution in [2.24, 2.45) is 0 Å². The smallest absolute Gasteiger partial charge is 0.267 e. The molecule has 1 N–H and O–H groups in total. The van der Waals surface area contributed by atoms with Gasteiger partial charge >= 0.3 is 0 Å². The van der Waals surface area contributed by atoms with Crippen LogP contribution in [0.15, 0.2) is 42.5 Å². The average Bonchev–Trinajstić information content (AvgIpc) is 2.76. The number of nitrogens with one attached hydrogen (secondary N) is 1. The Morgan fingerprint density at radius 1 is 1.20 bits per heavy atom. The number of rotatable bonds is 5. The fraction of sp³-hybridized carbons (Fsp3) is 0.273. The van der Waals surface area contributed by atoms with Crippen molar-refractivity contribution < 1.29 is 19.1 Å². The largest absolute Gasteiger partial charge is 0.480 e. The van der Waals surface area contributed by atoms with Crippen LogP contribution in [-0.2, 0) is 16.0 Å². The summed E-state index contributed by atoms with van der Waals surface area (Å²) in [4.78, 5) is 35.2. The number of methoxy groups -OCH3 is 1. The highest BCUT2D eigenvalue weighted by Crippen LogP contribution is 2.35. The zero-order valence-electron chi connectivity index (χ0n) is 17.0. The maximum atomic E-state index is 12.5. The van der Waals surface area contributed by atoms with Crippen LogP contribution in [0.4, 0.5) is 11.4 Å². The van der Waals surface area contributed by atoms with Crippen LogP contribution in [0.3, 0.4) is 0 Å². The number of carbonyl (C=O) groups excluding carboxylic acids is 2. The van der Waals surface area contributed by atoms with E-state index in [4.69, 9.17) is 9.47 Å². The molecule has 0 spiro atoms. The summed E-state index contributed by atoms with van der Waals surface area (Å²) in [6.07, 6.45) is 0.0699. The Balaban J connectivity index is 1.46. The zero-order valence-corrected chi connectivity index (χ0v) is 17.0. The monoisotopic (exact) mass is 406 g/mol. The second-order valence-corrected chi connectivity index (χ2v) is 7.06. The number of carbonyl (C=O) groups is 2. The van der Waals surface area contributed by atoms with Crippen LogP contribution in [0.25, 0.3) is 11.0 Å². The third-order valence-corrected chi connectivity index (χ3v) is 4.97. The van der Waals surface area contributed by atoms with Gasteiger partial charge in [-0.15, -0.1) is 0 Å². The number of amides is 2. The summed E-state index contributed by atoms with van der Waals surface area (Å²) < 4.78 is 10.9. The predicted molar refractivity (Wildman–Crippen MR) is 113 cm³/mol. The number of aromatic nitrogens is 2. The molecular formula is C22H22N4O4. The number of hydrogen-bond acceptors (Lipinski definition) is 6. The van der Waals surface area contributed by atoms with Gasteiger partial charge in [-0.1, -0.05) is 12.1 Å². The molecular weight excluding hydrogens is 384 g/mol. The van der Waals surface area contributed by atoms with Crippen LogP contribution in [0.5, 0.6) is 11.6 Å². The van der Waals surface area contributed by atoms with E-state index in [1.165, 1.54) is 12.0 Å². The van der Waals surface area contributed by atoms with Gasteiger partial charge in [0.05, 0.1) is 23.8 Å². The van der Waals surface area contributed by atoms with Crippen molar-refractivity contribution in [2.75, 3.05) is 24.4 Å². The molecule has 0 bridgehead atoms. The van der Waals surface area contributed by atoms with E-state index >= 15 is 0 Å². The van der Waals surface area contributed by atoms with Crippen molar-refractivity contribution in [3.63, 3.8) is 0 Å². The van der Waals surface area contributed by atoms with E-state index in [2.05, 4.69) is 15.3 Å². The molecule has 8 nitrogen and oxygen atoms in total. The van der Waals surface area contributed by atoms with Gasteiger partial charge in [0.1, 0.15) is 11.4 Å². The summed E-state index contributed by atoms with van der Waals surface area (Å²) in [7, 11) is 3.23. The fourth-order valence-electron chi connectivity index (χ4n) is 3.39. The lowest BCUT2D eigenvalue weighted by atomic mass is 10.1. The molecule has 8 heteroatoms. The summed E-state index contributed by atoms with van der Waals surface area (Å²) in [5.41, 5.74) is 3.34. The molecule has 1 aliphatic heterocycles. The molecule has 30 heavy (non-hydrogen) atoms. The molecule has 0 radical (unpaired) electrons. The number of benzene rings is 2. The highest BCUT2D eigenvalue weighted by Gasteiger charge is 2.29. The van der Waals surface area contributed by atoms with Crippen LogP contribution < -0.4 is 19.7 Å². The third kappa shape index (κ3) is 3.76. The van der Waals surface area contributed by atoms with Crippen LogP contribution in [0.2, 0.25) is 0 Å². The first-order valence-electron chi connectivity index (χ1n) is 9.64. The van der Waals surface area contributed by atoms with Crippen molar-refractivity contribution in [3.8, 4) is 11.6 Å². The fourth-order valence-corrected chi connectivity index (χ4v) is 3.39. The maximum absolute atomic E-state index is 12.5. The Labute approximate surface area is 173 Å². The van der Waals surface area contributed by atoms with E-state index in [-0.39, 0.29) is 18.2 Å². The van der Waals surface area contributed by atoms with Gasteiger partial charge in [-0.05, 0) is 37.3 Å². The molecule has 4 rings (SSSR count). The number of aryl methyl sites for hydroxylation is 1. The minimum absolute atomic E-state index is 0.132. The highest BCUT2D eigenvalue weighted by molar-refractivity contribution is 6.00. The van der Waals surface area contributed by atoms with Gasteiger partial charge in [0, 0.05) is 25.6 Å². The molecule has 2 heterocycles. The quantitative estimate of drug-likeness (QED) is 0.700. The minimum atomic E-state index is -0.527. The van der Waals surface area contributed by atoms with Crippen LogP contribution >= 0.6 is 0 Å².